The highest BCUT2D eigenvalue weighted by atomic mass is 16.2. The van der Waals surface area contributed by atoms with Crippen molar-refractivity contribution in [2.75, 3.05) is 12.4 Å². The smallest absolute Gasteiger partial charge is 0.258 e. The van der Waals surface area contributed by atoms with E-state index in [9.17, 15) is 9.59 Å². The Hall–Kier alpha value is -2.99. The van der Waals surface area contributed by atoms with Crippen LogP contribution in [0.15, 0.2) is 53.3 Å². The Labute approximate surface area is 151 Å². The summed E-state index contributed by atoms with van der Waals surface area (Å²) in [7, 11) is 1.83. The maximum absolute atomic E-state index is 12.5. The van der Waals surface area contributed by atoms with Crippen LogP contribution in [-0.2, 0) is 11.3 Å². The fourth-order valence-corrected chi connectivity index (χ4v) is 2.73. The van der Waals surface area contributed by atoms with Crippen LogP contribution in [0.25, 0.3) is 10.9 Å². The van der Waals surface area contributed by atoms with Crippen molar-refractivity contribution in [3.63, 3.8) is 0 Å². The molecule has 0 spiro atoms. The SMILES string of the molecule is Cc1ccccc1NC(=O)[C@H](C)N(C)Cc1nc2ccccc2c(=O)[nH]1. The molecule has 1 atom stereocenters. The quantitative estimate of drug-likeness (QED) is 0.742. The molecule has 0 saturated carbocycles. The first-order valence-corrected chi connectivity index (χ1v) is 8.50. The summed E-state index contributed by atoms with van der Waals surface area (Å²) < 4.78 is 0. The molecule has 0 unspecified atom stereocenters. The number of likely N-dealkylation sites (N-methyl/N-ethyl adjacent to an activating group) is 1. The van der Waals surface area contributed by atoms with E-state index in [0.717, 1.165) is 11.3 Å². The van der Waals surface area contributed by atoms with Crippen LogP contribution in [-0.4, -0.2) is 33.9 Å². The molecule has 0 aliphatic heterocycles. The monoisotopic (exact) mass is 350 g/mol. The van der Waals surface area contributed by atoms with Gasteiger partial charge in [-0.05, 0) is 44.7 Å². The van der Waals surface area contributed by atoms with E-state index in [2.05, 4.69) is 15.3 Å². The zero-order valence-electron chi connectivity index (χ0n) is 15.1. The lowest BCUT2D eigenvalue weighted by molar-refractivity contribution is -0.120. The summed E-state index contributed by atoms with van der Waals surface area (Å²) in [6, 6.07) is 14.5. The van der Waals surface area contributed by atoms with Gasteiger partial charge in [0.1, 0.15) is 5.82 Å². The van der Waals surface area contributed by atoms with Gasteiger partial charge in [0.2, 0.25) is 5.91 Å². The molecule has 3 aromatic rings. The summed E-state index contributed by atoms with van der Waals surface area (Å²) in [5.74, 6) is 0.427. The molecule has 0 saturated heterocycles. The van der Waals surface area contributed by atoms with Gasteiger partial charge < -0.3 is 10.3 Å². The van der Waals surface area contributed by atoms with Gasteiger partial charge in [-0.25, -0.2) is 4.98 Å². The van der Waals surface area contributed by atoms with E-state index in [1.54, 1.807) is 6.07 Å². The number of nitrogens with one attached hydrogen (secondary N) is 2. The minimum atomic E-state index is -0.383. The third kappa shape index (κ3) is 3.81. The van der Waals surface area contributed by atoms with Crippen LogP contribution >= 0.6 is 0 Å². The van der Waals surface area contributed by atoms with Gasteiger partial charge in [0.05, 0.1) is 23.5 Å². The van der Waals surface area contributed by atoms with Crippen LogP contribution in [0.4, 0.5) is 5.69 Å². The third-order valence-electron chi connectivity index (χ3n) is 4.50. The molecule has 26 heavy (non-hydrogen) atoms. The molecule has 2 N–H and O–H groups in total. The Balaban J connectivity index is 1.73. The van der Waals surface area contributed by atoms with Crippen molar-refractivity contribution in [2.45, 2.75) is 26.4 Å². The van der Waals surface area contributed by atoms with Gasteiger partial charge in [0, 0.05) is 5.69 Å². The fraction of sp³-hybridized carbons (Fsp3) is 0.250. The lowest BCUT2D eigenvalue weighted by atomic mass is 10.2. The van der Waals surface area contributed by atoms with Gasteiger partial charge in [0.15, 0.2) is 0 Å². The lowest BCUT2D eigenvalue weighted by Crippen LogP contribution is -2.39. The Morgan fingerprint density at radius 3 is 2.65 bits per heavy atom. The Morgan fingerprint density at radius 2 is 1.88 bits per heavy atom. The van der Waals surface area contributed by atoms with Crippen molar-refractivity contribution in [1.29, 1.82) is 0 Å². The average molecular weight is 350 g/mol. The molecule has 0 fully saturated rings. The molecule has 134 valence electrons. The van der Waals surface area contributed by atoms with Gasteiger partial charge in [-0.3, -0.25) is 14.5 Å². The fourth-order valence-electron chi connectivity index (χ4n) is 2.73. The highest BCUT2D eigenvalue weighted by Gasteiger charge is 2.19. The lowest BCUT2D eigenvalue weighted by Gasteiger charge is -2.23. The largest absolute Gasteiger partial charge is 0.324 e. The predicted molar refractivity (Wildman–Crippen MR) is 103 cm³/mol. The van der Waals surface area contributed by atoms with E-state index < -0.39 is 0 Å². The van der Waals surface area contributed by atoms with Crippen molar-refractivity contribution in [2.24, 2.45) is 0 Å². The maximum Gasteiger partial charge on any atom is 0.258 e. The van der Waals surface area contributed by atoms with Crippen molar-refractivity contribution in [3.8, 4) is 0 Å². The molecular formula is C20H22N4O2. The number of aryl methyl sites for hydroxylation is 1. The molecule has 6 heteroatoms. The minimum Gasteiger partial charge on any atom is -0.324 e. The van der Waals surface area contributed by atoms with Gasteiger partial charge >= 0.3 is 0 Å². The molecule has 1 heterocycles. The number of para-hydroxylation sites is 2. The van der Waals surface area contributed by atoms with E-state index in [1.807, 2.05) is 68.3 Å². The number of carbonyl (C=O) groups is 1. The van der Waals surface area contributed by atoms with Gasteiger partial charge in [-0.15, -0.1) is 0 Å². The molecule has 6 nitrogen and oxygen atoms in total. The van der Waals surface area contributed by atoms with Gasteiger partial charge in [0.25, 0.3) is 5.56 Å². The van der Waals surface area contributed by atoms with E-state index >= 15 is 0 Å². The topological polar surface area (TPSA) is 78.1 Å². The summed E-state index contributed by atoms with van der Waals surface area (Å²) in [6.45, 7) is 4.14. The van der Waals surface area contributed by atoms with Crippen molar-refractivity contribution in [1.82, 2.24) is 14.9 Å². The third-order valence-corrected chi connectivity index (χ3v) is 4.50. The number of amides is 1. The van der Waals surface area contributed by atoms with Crippen molar-refractivity contribution in [3.05, 3.63) is 70.3 Å². The zero-order chi connectivity index (χ0) is 18.7. The van der Waals surface area contributed by atoms with Crippen LogP contribution in [0.3, 0.4) is 0 Å². The van der Waals surface area contributed by atoms with E-state index in [0.29, 0.717) is 23.3 Å². The first-order chi connectivity index (χ1) is 12.5. The molecule has 3 rings (SSSR count). The Morgan fingerprint density at radius 1 is 1.19 bits per heavy atom. The van der Waals surface area contributed by atoms with Crippen molar-refractivity contribution < 1.29 is 4.79 Å². The second kappa shape index (κ2) is 7.49. The summed E-state index contributed by atoms with van der Waals surface area (Å²) in [5, 5.41) is 3.50. The maximum atomic E-state index is 12.5. The van der Waals surface area contributed by atoms with E-state index in [-0.39, 0.29) is 17.5 Å². The molecule has 2 aromatic carbocycles. The number of aromatic nitrogens is 2. The van der Waals surface area contributed by atoms with Crippen molar-refractivity contribution >= 4 is 22.5 Å². The molecule has 0 aliphatic carbocycles. The molecule has 0 aliphatic rings. The number of aromatic amines is 1. The van der Waals surface area contributed by atoms with Crippen LogP contribution in [0.5, 0.6) is 0 Å². The molecule has 1 aromatic heterocycles. The second-order valence-corrected chi connectivity index (χ2v) is 6.43. The van der Waals surface area contributed by atoms with Crippen LogP contribution in [0.2, 0.25) is 0 Å². The zero-order valence-corrected chi connectivity index (χ0v) is 15.1. The summed E-state index contributed by atoms with van der Waals surface area (Å²) >= 11 is 0. The number of nitrogens with zero attached hydrogens (tertiary/aromatic N) is 2. The summed E-state index contributed by atoms with van der Waals surface area (Å²) in [6.07, 6.45) is 0. The van der Waals surface area contributed by atoms with Gasteiger partial charge in [-0.1, -0.05) is 30.3 Å². The molecule has 0 bridgehead atoms. The summed E-state index contributed by atoms with van der Waals surface area (Å²) in [5.41, 5.74) is 2.29. The number of anilines is 1. The normalized spacial score (nSPS) is 12.3. The number of rotatable bonds is 5. The second-order valence-electron chi connectivity index (χ2n) is 6.43. The first-order valence-electron chi connectivity index (χ1n) is 8.50. The van der Waals surface area contributed by atoms with Crippen LogP contribution < -0.4 is 10.9 Å². The average Bonchev–Trinajstić information content (AvgIpc) is 2.63. The molecular weight excluding hydrogens is 328 g/mol. The Kier molecular flexibility index (Phi) is 5.14. The standard InChI is InChI=1S/C20H22N4O2/c1-13-8-4-6-10-16(13)22-19(25)14(2)24(3)12-18-21-17-11-7-5-9-15(17)20(26)23-18/h4-11,14H,12H2,1-3H3,(H,22,25)(H,21,23,26)/t14-/m0/s1. The van der Waals surface area contributed by atoms with Gasteiger partial charge in [-0.2, -0.15) is 0 Å². The number of fused-ring (bicyclic) bond motifs is 1. The van der Waals surface area contributed by atoms with Crippen LogP contribution in [0.1, 0.15) is 18.3 Å². The van der Waals surface area contributed by atoms with E-state index in [4.69, 9.17) is 0 Å². The highest BCUT2D eigenvalue weighted by molar-refractivity contribution is 5.95. The number of H-pyrrole nitrogens is 1. The number of hydrogen-bond acceptors (Lipinski definition) is 4. The molecule has 1 amide bonds. The molecule has 0 radical (unpaired) electrons. The highest BCUT2D eigenvalue weighted by Crippen LogP contribution is 2.14. The first kappa shape index (κ1) is 17.8. The number of hydrogen-bond donors (Lipinski definition) is 2. The summed E-state index contributed by atoms with van der Waals surface area (Å²) in [4.78, 5) is 33.8. The predicted octanol–water partition coefficient (Wildman–Crippen LogP) is 2.69. The minimum absolute atomic E-state index is 0.107. The van der Waals surface area contributed by atoms with Crippen LogP contribution in [0, 0.1) is 6.92 Å². The number of carbonyl (C=O) groups excluding carboxylic acids is 1. The number of benzene rings is 2. The van der Waals surface area contributed by atoms with E-state index in [1.165, 1.54) is 0 Å². The Bertz CT molecular complexity index is 996.